The monoisotopic (exact) mass is 181 g/mol. The molecular weight excluding hydrogens is 174 g/mol. The lowest BCUT2D eigenvalue weighted by atomic mass is 10.2. The number of aliphatic hydroxyl groups is 1. The second-order valence-corrected chi connectivity index (χ2v) is 3.17. The second kappa shape index (κ2) is 3.04. The Morgan fingerprint density at radius 1 is 1.58 bits per heavy atom. The molecule has 0 aromatic carbocycles. The summed E-state index contributed by atoms with van der Waals surface area (Å²) >= 11 is 1.20. The number of aromatic nitrogens is 3. The van der Waals surface area contributed by atoms with Crippen molar-refractivity contribution in [3.63, 3.8) is 0 Å². The van der Waals surface area contributed by atoms with Gasteiger partial charge >= 0.3 is 0 Å². The van der Waals surface area contributed by atoms with Crippen LogP contribution >= 0.6 is 11.5 Å². The van der Waals surface area contributed by atoms with Crippen molar-refractivity contribution in [1.82, 2.24) is 14.6 Å². The van der Waals surface area contributed by atoms with E-state index >= 15 is 0 Å². The molecule has 0 saturated heterocycles. The van der Waals surface area contributed by atoms with E-state index in [0.717, 1.165) is 10.6 Å². The largest absolute Gasteiger partial charge is 0.381 e. The Bertz CT molecular complexity index is 295. The van der Waals surface area contributed by atoms with Gasteiger partial charge in [-0.15, -0.1) is 5.10 Å². The Hall–Kier alpha value is -1.20. The van der Waals surface area contributed by atoms with Gasteiger partial charge in [-0.3, -0.25) is 0 Å². The molecule has 0 aliphatic heterocycles. The Morgan fingerprint density at radius 3 is 3.08 bits per heavy atom. The molecule has 0 spiro atoms. The normalized spacial score (nSPS) is 13.1. The van der Waals surface area contributed by atoms with Crippen LogP contribution in [0.3, 0.4) is 0 Å². The van der Waals surface area contributed by atoms with Crippen LogP contribution in [0.4, 0.5) is 0 Å². The van der Waals surface area contributed by atoms with E-state index in [1.165, 1.54) is 11.5 Å². The van der Waals surface area contributed by atoms with Gasteiger partial charge in [0.05, 0.1) is 11.1 Å². The average Bonchev–Trinajstić information content (AvgIpc) is 2.77. The van der Waals surface area contributed by atoms with E-state index < -0.39 is 6.10 Å². The minimum absolute atomic E-state index is 0.625. The highest BCUT2D eigenvalue weighted by atomic mass is 32.1. The molecule has 2 aromatic heterocycles. The van der Waals surface area contributed by atoms with Crippen molar-refractivity contribution in [1.29, 1.82) is 0 Å². The number of rotatable bonds is 2. The molecule has 0 bridgehead atoms. The summed E-state index contributed by atoms with van der Waals surface area (Å²) in [7, 11) is 0. The molecular formula is C7H7N3OS. The molecule has 2 heterocycles. The van der Waals surface area contributed by atoms with Crippen molar-refractivity contribution in [3.05, 3.63) is 35.1 Å². The lowest BCUT2D eigenvalue weighted by Gasteiger charge is -2.02. The number of hydrogen-bond acceptors (Lipinski definition) is 4. The number of nitrogens with one attached hydrogen (secondary N) is 1. The van der Waals surface area contributed by atoms with Gasteiger partial charge in [-0.25, -0.2) is 0 Å². The van der Waals surface area contributed by atoms with E-state index in [-0.39, 0.29) is 0 Å². The van der Waals surface area contributed by atoms with E-state index in [9.17, 15) is 5.11 Å². The minimum atomic E-state index is -0.625. The van der Waals surface area contributed by atoms with Crippen molar-refractivity contribution in [2.75, 3.05) is 0 Å². The van der Waals surface area contributed by atoms with Gasteiger partial charge in [-0.1, -0.05) is 4.49 Å². The molecule has 2 rings (SSSR count). The van der Waals surface area contributed by atoms with Gasteiger partial charge in [0.15, 0.2) is 0 Å². The van der Waals surface area contributed by atoms with Crippen molar-refractivity contribution < 1.29 is 5.11 Å². The maximum atomic E-state index is 9.67. The van der Waals surface area contributed by atoms with Gasteiger partial charge < -0.3 is 10.1 Å². The third kappa shape index (κ3) is 1.24. The van der Waals surface area contributed by atoms with E-state index in [2.05, 4.69) is 14.6 Å². The summed E-state index contributed by atoms with van der Waals surface area (Å²) in [6.45, 7) is 0. The standard InChI is InChI=1S/C7H7N3OS/c11-7(5-2-1-3-8-5)6-4-9-10-12-6/h1-4,7-8,11H. The Labute approximate surface area is 73.0 Å². The smallest absolute Gasteiger partial charge is 0.131 e. The molecule has 2 aromatic rings. The van der Waals surface area contributed by atoms with Crippen LogP contribution in [0.25, 0.3) is 0 Å². The van der Waals surface area contributed by atoms with Gasteiger partial charge in [0, 0.05) is 11.9 Å². The second-order valence-electron chi connectivity index (χ2n) is 2.35. The van der Waals surface area contributed by atoms with Crippen molar-refractivity contribution in [2.45, 2.75) is 6.10 Å². The first kappa shape index (κ1) is 7.45. The first-order valence-electron chi connectivity index (χ1n) is 3.46. The molecule has 0 fully saturated rings. The van der Waals surface area contributed by atoms with E-state index in [0.29, 0.717) is 0 Å². The number of H-pyrrole nitrogens is 1. The number of hydrogen-bond donors (Lipinski definition) is 2. The van der Waals surface area contributed by atoms with Crippen LogP contribution in [0.5, 0.6) is 0 Å². The Kier molecular flexibility index (Phi) is 1.89. The molecule has 1 atom stereocenters. The van der Waals surface area contributed by atoms with Crippen LogP contribution < -0.4 is 0 Å². The quantitative estimate of drug-likeness (QED) is 0.725. The van der Waals surface area contributed by atoms with Crippen LogP contribution in [0, 0.1) is 0 Å². The van der Waals surface area contributed by atoms with Gasteiger partial charge in [0.1, 0.15) is 6.10 Å². The molecule has 2 N–H and O–H groups in total. The lowest BCUT2D eigenvalue weighted by Crippen LogP contribution is -1.96. The summed E-state index contributed by atoms with van der Waals surface area (Å²) in [6.07, 6.45) is 2.71. The lowest BCUT2D eigenvalue weighted by molar-refractivity contribution is 0.219. The summed E-state index contributed by atoms with van der Waals surface area (Å²) in [4.78, 5) is 3.67. The van der Waals surface area contributed by atoms with Crippen LogP contribution in [-0.4, -0.2) is 19.7 Å². The third-order valence-corrected chi connectivity index (χ3v) is 2.28. The first-order chi connectivity index (χ1) is 5.88. The summed E-state index contributed by atoms with van der Waals surface area (Å²) in [5.41, 5.74) is 0.765. The highest BCUT2D eigenvalue weighted by Crippen LogP contribution is 2.21. The molecule has 0 amide bonds. The molecule has 1 unspecified atom stereocenters. The maximum absolute atomic E-state index is 9.67. The SMILES string of the molecule is OC(c1ccc[nH]1)c1cnns1. The minimum Gasteiger partial charge on any atom is -0.381 e. The van der Waals surface area contributed by atoms with Crippen molar-refractivity contribution in [2.24, 2.45) is 0 Å². The van der Waals surface area contributed by atoms with E-state index in [1.54, 1.807) is 12.4 Å². The summed E-state index contributed by atoms with van der Waals surface area (Å²) in [6, 6.07) is 3.66. The summed E-state index contributed by atoms with van der Waals surface area (Å²) in [5.74, 6) is 0. The molecule has 62 valence electrons. The van der Waals surface area contributed by atoms with Gasteiger partial charge in [0.25, 0.3) is 0 Å². The molecule has 5 heteroatoms. The van der Waals surface area contributed by atoms with Gasteiger partial charge in [-0.05, 0) is 23.7 Å². The van der Waals surface area contributed by atoms with Crippen LogP contribution in [-0.2, 0) is 0 Å². The number of nitrogens with zero attached hydrogens (tertiary/aromatic N) is 2. The third-order valence-electron chi connectivity index (χ3n) is 1.56. The summed E-state index contributed by atoms with van der Waals surface area (Å²) < 4.78 is 3.67. The molecule has 0 saturated carbocycles. The van der Waals surface area contributed by atoms with Crippen LogP contribution in [0.15, 0.2) is 24.5 Å². The maximum Gasteiger partial charge on any atom is 0.131 e. The topological polar surface area (TPSA) is 61.8 Å². The van der Waals surface area contributed by atoms with E-state index in [4.69, 9.17) is 0 Å². The fourth-order valence-electron chi connectivity index (χ4n) is 0.963. The van der Waals surface area contributed by atoms with Crippen LogP contribution in [0.2, 0.25) is 0 Å². The average molecular weight is 181 g/mol. The first-order valence-corrected chi connectivity index (χ1v) is 4.24. The fraction of sp³-hybridized carbons (Fsp3) is 0.143. The zero-order valence-electron chi connectivity index (χ0n) is 6.14. The fourth-order valence-corrected chi connectivity index (χ4v) is 1.47. The Morgan fingerprint density at radius 2 is 2.50 bits per heavy atom. The number of aromatic amines is 1. The molecule has 12 heavy (non-hydrogen) atoms. The molecule has 4 nitrogen and oxygen atoms in total. The zero-order valence-corrected chi connectivity index (χ0v) is 6.95. The predicted octanol–water partition coefficient (Wildman–Crippen LogP) is 0.948. The zero-order chi connectivity index (χ0) is 8.39. The highest BCUT2D eigenvalue weighted by molar-refractivity contribution is 7.05. The molecule has 0 aliphatic rings. The van der Waals surface area contributed by atoms with E-state index in [1.807, 2.05) is 12.1 Å². The van der Waals surface area contributed by atoms with Gasteiger partial charge in [0.2, 0.25) is 0 Å². The van der Waals surface area contributed by atoms with Crippen LogP contribution in [0.1, 0.15) is 16.7 Å². The van der Waals surface area contributed by atoms with Crippen molar-refractivity contribution in [3.8, 4) is 0 Å². The predicted molar refractivity (Wildman–Crippen MR) is 44.8 cm³/mol. The molecule has 0 aliphatic carbocycles. The molecule has 0 radical (unpaired) electrons. The van der Waals surface area contributed by atoms with Crippen molar-refractivity contribution >= 4 is 11.5 Å². The van der Waals surface area contributed by atoms with Gasteiger partial charge in [-0.2, -0.15) is 0 Å². The Balaban J connectivity index is 2.27. The highest BCUT2D eigenvalue weighted by Gasteiger charge is 2.12. The summed E-state index contributed by atoms with van der Waals surface area (Å²) in [5, 5.41) is 13.3. The number of aliphatic hydroxyl groups excluding tert-OH is 1.